The summed E-state index contributed by atoms with van der Waals surface area (Å²) in [5.41, 5.74) is -0.450. The zero-order valence-electron chi connectivity index (χ0n) is 13.7. The van der Waals surface area contributed by atoms with Crippen molar-refractivity contribution in [3.8, 4) is 0 Å². The molecule has 3 aliphatic rings. The highest BCUT2D eigenvalue weighted by molar-refractivity contribution is 5.36. The van der Waals surface area contributed by atoms with Crippen molar-refractivity contribution in [2.75, 3.05) is 0 Å². The molecule has 0 aromatic heterocycles. The standard InChI is InChI=1S/C18H30O2/c1-14(2)6-7-18(20)13(8-14)9-16(5)10-15(3,4)11-17(18,19)12-16/h9,19-20H,6-8,10-12H2,1-5H3/t16-,17+,18+/m0/s1. The van der Waals surface area contributed by atoms with Crippen LogP contribution in [0, 0.1) is 16.2 Å². The third kappa shape index (κ3) is 1.99. The molecular weight excluding hydrogens is 248 g/mol. The Morgan fingerprint density at radius 2 is 1.50 bits per heavy atom. The van der Waals surface area contributed by atoms with E-state index in [4.69, 9.17) is 0 Å². The van der Waals surface area contributed by atoms with Gasteiger partial charge in [-0.3, -0.25) is 0 Å². The minimum atomic E-state index is -0.986. The molecule has 0 unspecified atom stereocenters. The van der Waals surface area contributed by atoms with Crippen LogP contribution in [0.1, 0.15) is 73.1 Å². The molecule has 2 nitrogen and oxygen atoms in total. The molecule has 0 amide bonds. The zero-order chi connectivity index (χ0) is 15.0. The molecule has 0 radical (unpaired) electrons. The van der Waals surface area contributed by atoms with E-state index in [0.29, 0.717) is 19.3 Å². The van der Waals surface area contributed by atoms with Crippen molar-refractivity contribution in [2.45, 2.75) is 84.3 Å². The maximum Gasteiger partial charge on any atom is 0.114 e. The second kappa shape index (κ2) is 3.70. The van der Waals surface area contributed by atoms with Crippen LogP contribution in [0.2, 0.25) is 0 Å². The van der Waals surface area contributed by atoms with Gasteiger partial charge in [0.15, 0.2) is 0 Å². The highest BCUT2D eigenvalue weighted by atomic mass is 16.4. The molecule has 2 bridgehead atoms. The zero-order valence-corrected chi connectivity index (χ0v) is 13.7. The number of hydrogen-bond acceptors (Lipinski definition) is 2. The van der Waals surface area contributed by atoms with Gasteiger partial charge in [0.1, 0.15) is 5.60 Å². The van der Waals surface area contributed by atoms with E-state index in [1.807, 2.05) is 0 Å². The summed E-state index contributed by atoms with van der Waals surface area (Å²) in [4.78, 5) is 0. The molecular formula is C18H30O2. The van der Waals surface area contributed by atoms with Crippen molar-refractivity contribution in [1.82, 2.24) is 0 Å². The third-order valence-electron chi connectivity index (χ3n) is 6.01. The Morgan fingerprint density at radius 3 is 2.15 bits per heavy atom. The summed E-state index contributed by atoms with van der Waals surface area (Å²) >= 11 is 0. The van der Waals surface area contributed by atoms with Gasteiger partial charge < -0.3 is 10.2 Å². The first-order valence-electron chi connectivity index (χ1n) is 8.06. The van der Waals surface area contributed by atoms with Gasteiger partial charge in [-0.1, -0.05) is 40.7 Å². The van der Waals surface area contributed by atoms with Crippen molar-refractivity contribution < 1.29 is 10.2 Å². The van der Waals surface area contributed by atoms with E-state index >= 15 is 0 Å². The van der Waals surface area contributed by atoms with E-state index in [0.717, 1.165) is 24.8 Å². The van der Waals surface area contributed by atoms with Gasteiger partial charge in [0, 0.05) is 0 Å². The average Bonchev–Trinajstić information content (AvgIpc) is 2.17. The van der Waals surface area contributed by atoms with E-state index < -0.39 is 11.2 Å². The molecule has 3 rings (SSSR count). The fourth-order valence-corrected chi connectivity index (χ4v) is 5.69. The Balaban J connectivity index is 2.11. The lowest BCUT2D eigenvalue weighted by Gasteiger charge is -2.62. The van der Waals surface area contributed by atoms with Gasteiger partial charge in [0.2, 0.25) is 0 Å². The van der Waals surface area contributed by atoms with Gasteiger partial charge in [-0.25, -0.2) is 0 Å². The molecule has 2 fully saturated rings. The predicted molar refractivity (Wildman–Crippen MR) is 81.4 cm³/mol. The van der Waals surface area contributed by atoms with Crippen molar-refractivity contribution in [3.63, 3.8) is 0 Å². The summed E-state index contributed by atoms with van der Waals surface area (Å²) in [6.07, 6.45) is 7.45. The molecule has 0 saturated heterocycles. The molecule has 114 valence electrons. The lowest BCUT2D eigenvalue weighted by molar-refractivity contribution is -0.207. The van der Waals surface area contributed by atoms with Gasteiger partial charge >= 0.3 is 0 Å². The fraction of sp³-hybridized carbons (Fsp3) is 0.889. The highest BCUT2D eigenvalue weighted by Crippen LogP contribution is 2.63. The van der Waals surface area contributed by atoms with Gasteiger partial charge in [-0.05, 0) is 60.3 Å². The molecule has 0 aliphatic heterocycles. The van der Waals surface area contributed by atoms with Crippen molar-refractivity contribution in [2.24, 2.45) is 16.2 Å². The molecule has 0 aromatic rings. The quantitative estimate of drug-likeness (QED) is 0.661. The van der Waals surface area contributed by atoms with Crippen LogP contribution < -0.4 is 0 Å². The van der Waals surface area contributed by atoms with Gasteiger partial charge in [0.05, 0.1) is 5.60 Å². The first-order valence-corrected chi connectivity index (χ1v) is 8.06. The van der Waals surface area contributed by atoms with E-state index in [1.54, 1.807) is 0 Å². The molecule has 0 spiro atoms. The summed E-state index contributed by atoms with van der Waals surface area (Å²) < 4.78 is 0. The summed E-state index contributed by atoms with van der Waals surface area (Å²) in [6.45, 7) is 11.3. The number of allylic oxidation sites excluding steroid dienone is 1. The molecule has 0 aromatic carbocycles. The molecule has 2 saturated carbocycles. The minimum Gasteiger partial charge on any atom is -0.386 e. The first kappa shape index (κ1) is 14.6. The first-order chi connectivity index (χ1) is 8.89. The number of rotatable bonds is 0. The Labute approximate surface area is 123 Å². The van der Waals surface area contributed by atoms with Crippen molar-refractivity contribution in [1.29, 1.82) is 0 Å². The molecule has 0 heterocycles. The summed E-state index contributed by atoms with van der Waals surface area (Å²) in [6, 6.07) is 0. The molecule has 3 atom stereocenters. The number of aliphatic hydroxyl groups is 2. The molecule has 2 heteroatoms. The van der Waals surface area contributed by atoms with E-state index in [2.05, 4.69) is 40.7 Å². The molecule has 2 N–H and O–H groups in total. The van der Waals surface area contributed by atoms with Gasteiger partial charge in [-0.2, -0.15) is 0 Å². The van der Waals surface area contributed by atoms with Crippen LogP contribution in [0.5, 0.6) is 0 Å². The van der Waals surface area contributed by atoms with Crippen LogP contribution in [0.25, 0.3) is 0 Å². The molecule has 3 aliphatic carbocycles. The summed E-state index contributed by atoms with van der Waals surface area (Å²) in [5, 5.41) is 22.7. The Bertz CT molecular complexity index is 476. The predicted octanol–water partition coefficient (Wildman–Crippen LogP) is 3.82. The number of fused-ring (bicyclic) bond motifs is 4. The Hall–Kier alpha value is -0.340. The van der Waals surface area contributed by atoms with Crippen LogP contribution >= 0.6 is 0 Å². The minimum absolute atomic E-state index is 0.0332. The van der Waals surface area contributed by atoms with Gasteiger partial charge in [-0.15, -0.1) is 0 Å². The Morgan fingerprint density at radius 1 is 0.850 bits per heavy atom. The summed E-state index contributed by atoms with van der Waals surface area (Å²) in [7, 11) is 0. The van der Waals surface area contributed by atoms with Crippen LogP contribution in [0.15, 0.2) is 11.6 Å². The van der Waals surface area contributed by atoms with Crippen LogP contribution in [0.3, 0.4) is 0 Å². The topological polar surface area (TPSA) is 40.5 Å². The van der Waals surface area contributed by atoms with E-state index in [9.17, 15) is 10.2 Å². The fourth-order valence-electron chi connectivity index (χ4n) is 5.69. The monoisotopic (exact) mass is 278 g/mol. The molecule has 20 heavy (non-hydrogen) atoms. The Kier molecular flexibility index (Phi) is 2.70. The normalized spacial score (nSPS) is 49.2. The van der Waals surface area contributed by atoms with Crippen molar-refractivity contribution in [3.05, 3.63) is 11.6 Å². The third-order valence-corrected chi connectivity index (χ3v) is 6.01. The average molecular weight is 278 g/mol. The largest absolute Gasteiger partial charge is 0.386 e. The highest BCUT2D eigenvalue weighted by Gasteiger charge is 2.63. The summed E-state index contributed by atoms with van der Waals surface area (Å²) in [5.74, 6) is 0. The van der Waals surface area contributed by atoms with Crippen LogP contribution in [-0.2, 0) is 0 Å². The second-order valence-electron chi connectivity index (χ2n) is 9.75. The van der Waals surface area contributed by atoms with Crippen LogP contribution in [-0.4, -0.2) is 21.4 Å². The van der Waals surface area contributed by atoms with Crippen molar-refractivity contribution >= 4 is 0 Å². The maximum absolute atomic E-state index is 11.3. The number of hydrogen-bond donors (Lipinski definition) is 2. The maximum atomic E-state index is 11.3. The van der Waals surface area contributed by atoms with Gasteiger partial charge in [0.25, 0.3) is 0 Å². The van der Waals surface area contributed by atoms with E-state index in [-0.39, 0.29) is 16.2 Å². The smallest absolute Gasteiger partial charge is 0.114 e. The lowest BCUT2D eigenvalue weighted by atomic mass is 9.47. The van der Waals surface area contributed by atoms with Crippen LogP contribution in [0.4, 0.5) is 0 Å². The second-order valence-corrected chi connectivity index (χ2v) is 9.75. The SMILES string of the molecule is CC1(C)CC[C@@]2(O)C(=C[C@@]3(C)CC(C)(C)C[C@@]2(O)C3)C1. The van der Waals surface area contributed by atoms with E-state index in [1.165, 1.54) is 0 Å². The lowest BCUT2D eigenvalue weighted by Crippen LogP contribution is -2.65.